The summed E-state index contributed by atoms with van der Waals surface area (Å²) in [5.41, 5.74) is 0.558. The van der Waals surface area contributed by atoms with Gasteiger partial charge in [0.25, 0.3) is 11.1 Å². The summed E-state index contributed by atoms with van der Waals surface area (Å²) >= 11 is 7.06. The van der Waals surface area contributed by atoms with Crippen molar-refractivity contribution in [2.75, 3.05) is 26.4 Å². The largest absolute Gasteiger partial charge is 0.490 e. The van der Waals surface area contributed by atoms with E-state index in [2.05, 4.69) is 6.58 Å². The number of imide groups is 1. The van der Waals surface area contributed by atoms with Crippen LogP contribution in [0.3, 0.4) is 0 Å². The van der Waals surface area contributed by atoms with E-state index < -0.39 is 23.7 Å². The van der Waals surface area contributed by atoms with E-state index in [9.17, 15) is 14.4 Å². The van der Waals surface area contributed by atoms with E-state index in [1.807, 2.05) is 20.8 Å². The first-order valence-corrected chi connectivity index (χ1v) is 10.6. The second-order valence-electron chi connectivity index (χ2n) is 6.71. The van der Waals surface area contributed by atoms with Crippen LogP contribution in [0.15, 0.2) is 29.7 Å². The van der Waals surface area contributed by atoms with Crippen LogP contribution in [0.25, 0.3) is 6.08 Å². The number of halogens is 1. The van der Waals surface area contributed by atoms with Crippen molar-refractivity contribution in [3.63, 3.8) is 0 Å². The molecule has 0 radical (unpaired) electrons. The maximum absolute atomic E-state index is 12.6. The van der Waals surface area contributed by atoms with Crippen molar-refractivity contribution in [3.8, 4) is 11.5 Å². The summed E-state index contributed by atoms with van der Waals surface area (Å²) < 4.78 is 16.2. The number of amides is 2. The van der Waals surface area contributed by atoms with Crippen LogP contribution in [0.4, 0.5) is 4.79 Å². The summed E-state index contributed by atoms with van der Waals surface area (Å²) in [5.74, 6) is -0.247. The normalized spacial score (nSPS) is 15.1. The van der Waals surface area contributed by atoms with Crippen LogP contribution in [-0.2, 0) is 14.3 Å². The zero-order chi connectivity index (χ0) is 22.3. The smallest absolute Gasteiger partial charge is 0.326 e. The molecule has 2 amide bonds. The summed E-state index contributed by atoms with van der Waals surface area (Å²) in [5, 5.41) is -0.236. The number of carbonyl (C=O) groups excluding carboxylic acids is 3. The Bertz CT molecular complexity index is 867. The van der Waals surface area contributed by atoms with Gasteiger partial charge in [0.2, 0.25) is 0 Å². The van der Waals surface area contributed by atoms with Crippen LogP contribution < -0.4 is 9.47 Å². The molecule has 7 nitrogen and oxygen atoms in total. The Hall–Kier alpha value is -2.45. The van der Waals surface area contributed by atoms with Crippen molar-refractivity contribution < 1.29 is 28.6 Å². The number of carbonyl (C=O) groups is 3. The summed E-state index contributed by atoms with van der Waals surface area (Å²) in [4.78, 5) is 37.7. The number of benzene rings is 1. The lowest BCUT2D eigenvalue weighted by Crippen LogP contribution is -2.34. The molecule has 1 aromatic rings. The van der Waals surface area contributed by atoms with Crippen LogP contribution in [0, 0.1) is 5.92 Å². The maximum atomic E-state index is 12.6. The fraction of sp³-hybridized carbons (Fsp3) is 0.381. The first-order valence-electron chi connectivity index (χ1n) is 9.37. The molecule has 30 heavy (non-hydrogen) atoms. The molecule has 0 spiro atoms. The summed E-state index contributed by atoms with van der Waals surface area (Å²) in [7, 11) is 0. The van der Waals surface area contributed by atoms with Crippen molar-refractivity contribution >= 4 is 46.6 Å². The third-order valence-corrected chi connectivity index (χ3v) is 4.90. The molecule has 162 valence electrons. The van der Waals surface area contributed by atoms with E-state index in [-0.39, 0.29) is 24.0 Å². The van der Waals surface area contributed by atoms with Crippen molar-refractivity contribution in [1.29, 1.82) is 0 Å². The van der Waals surface area contributed by atoms with Gasteiger partial charge in [-0.05, 0) is 48.4 Å². The minimum atomic E-state index is -0.627. The Morgan fingerprint density at radius 3 is 2.67 bits per heavy atom. The standard InChI is InChI=1S/C21H24ClNO6S/c1-5-7-28-19-15(22)8-14(9-16(19)27-6-2)10-17-20(25)23(21(26)30-17)11-18(24)29-12-13(3)4/h5,8-10,13H,1,6-7,11-12H2,2-4H3/b17-10+. The average Bonchev–Trinajstić information content (AvgIpc) is 2.93. The molecule has 0 aromatic heterocycles. The first kappa shape index (κ1) is 23.8. The number of hydrogen-bond donors (Lipinski definition) is 0. The summed E-state index contributed by atoms with van der Waals surface area (Å²) in [6.07, 6.45) is 3.11. The average molecular weight is 454 g/mol. The molecule has 1 fully saturated rings. The third kappa shape index (κ3) is 6.27. The number of esters is 1. The Kier molecular flexibility index (Phi) is 8.80. The minimum absolute atomic E-state index is 0.159. The fourth-order valence-electron chi connectivity index (χ4n) is 2.44. The molecule has 2 rings (SSSR count). The van der Waals surface area contributed by atoms with E-state index in [0.717, 1.165) is 16.7 Å². The van der Waals surface area contributed by atoms with Crippen molar-refractivity contribution in [3.05, 3.63) is 40.3 Å². The number of rotatable bonds is 10. The highest BCUT2D eigenvalue weighted by Crippen LogP contribution is 2.39. The summed E-state index contributed by atoms with van der Waals surface area (Å²) in [6, 6.07) is 3.27. The highest BCUT2D eigenvalue weighted by atomic mass is 35.5. The molecule has 9 heteroatoms. The number of ether oxygens (including phenoxy) is 3. The predicted molar refractivity (Wildman–Crippen MR) is 117 cm³/mol. The van der Waals surface area contributed by atoms with Gasteiger partial charge in [-0.2, -0.15) is 0 Å². The fourth-order valence-corrected chi connectivity index (χ4v) is 3.55. The second-order valence-corrected chi connectivity index (χ2v) is 8.11. The van der Waals surface area contributed by atoms with Crippen molar-refractivity contribution in [2.24, 2.45) is 5.92 Å². The van der Waals surface area contributed by atoms with Gasteiger partial charge in [0.1, 0.15) is 13.2 Å². The molecule has 0 unspecified atom stereocenters. The molecule has 0 bridgehead atoms. The molecule has 1 aliphatic heterocycles. The van der Waals surface area contributed by atoms with Crippen LogP contribution in [-0.4, -0.2) is 48.4 Å². The zero-order valence-corrected chi connectivity index (χ0v) is 18.7. The van der Waals surface area contributed by atoms with E-state index in [4.69, 9.17) is 25.8 Å². The van der Waals surface area contributed by atoms with Gasteiger partial charge in [-0.1, -0.05) is 38.1 Å². The molecule has 0 saturated carbocycles. The van der Waals surface area contributed by atoms with E-state index >= 15 is 0 Å². The van der Waals surface area contributed by atoms with Gasteiger partial charge in [0, 0.05) is 0 Å². The molecule has 0 aliphatic carbocycles. The summed E-state index contributed by atoms with van der Waals surface area (Å²) in [6.45, 7) is 9.66. The lowest BCUT2D eigenvalue weighted by Gasteiger charge is -2.14. The molecular formula is C21H24ClNO6S. The second kappa shape index (κ2) is 11.1. The highest BCUT2D eigenvalue weighted by molar-refractivity contribution is 8.18. The van der Waals surface area contributed by atoms with E-state index in [0.29, 0.717) is 28.7 Å². The Balaban J connectivity index is 2.22. The van der Waals surface area contributed by atoms with Crippen LogP contribution in [0.5, 0.6) is 11.5 Å². The van der Waals surface area contributed by atoms with E-state index in [1.54, 1.807) is 18.2 Å². The van der Waals surface area contributed by atoms with Gasteiger partial charge in [0.15, 0.2) is 11.5 Å². The first-order chi connectivity index (χ1) is 14.3. The lowest BCUT2D eigenvalue weighted by molar-refractivity contribution is -0.147. The highest BCUT2D eigenvalue weighted by Gasteiger charge is 2.36. The molecule has 1 aromatic carbocycles. The maximum Gasteiger partial charge on any atom is 0.326 e. The van der Waals surface area contributed by atoms with Crippen LogP contribution in [0.1, 0.15) is 26.3 Å². The third-order valence-electron chi connectivity index (χ3n) is 3.71. The van der Waals surface area contributed by atoms with Gasteiger partial charge in [0.05, 0.1) is 23.1 Å². The zero-order valence-electron chi connectivity index (χ0n) is 17.1. The van der Waals surface area contributed by atoms with E-state index in [1.165, 1.54) is 6.08 Å². The molecule has 0 atom stereocenters. The number of hydrogen-bond acceptors (Lipinski definition) is 7. The van der Waals surface area contributed by atoms with Gasteiger partial charge >= 0.3 is 5.97 Å². The molecule has 1 aliphatic rings. The SMILES string of the molecule is C=CCOc1c(Cl)cc(/C=C2/SC(=O)N(CC(=O)OCC(C)C)C2=O)cc1OCC. The van der Waals surface area contributed by atoms with Gasteiger partial charge in [-0.25, -0.2) is 0 Å². The van der Waals surface area contributed by atoms with Crippen LogP contribution >= 0.6 is 23.4 Å². The number of thioether (sulfide) groups is 1. The quantitative estimate of drug-likeness (QED) is 0.292. The van der Waals surface area contributed by atoms with Crippen molar-refractivity contribution in [1.82, 2.24) is 4.90 Å². The van der Waals surface area contributed by atoms with Gasteiger partial charge < -0.3 is 14.2 Å². The topological polar surface area (TPSA) is 82.1 Å². The molecular weight excluding hydrogens is 430 g/mol. The molecule has 0 N–H and O–H groups in total. The van der Waals surface area contributed by atoms with Gasteiger partial charge in [-0.3, -0.25) is 19.3 Å². The van der Waals surface area contributed by atoms with Crippen molar-refractivity contribution in [2.45, 2.75) is 20.8 Å². The monoisotopic (exact) mass is 453 g/mol. The number of nitrogens with zero attached hydrogens (tertiary/aromatic N) is 1. The minimum Gasteiger partial charge on any atom is -0.490 e. The van der Waals surface area contributed by atoms with Gasteiger partial charge in [-0.15, -0.1) is 0 Å². The Morgan fingerprint density at radius 1 is 1.30 bits per heavy atom. The van der Waals surface area contributed by atoms with Crippen LogP contribution in [0.2, 0.25) is 5.02 Å². The predicted octanol–water partition coefficient (Wildman–Crippen LogP) is 4.54. The lowest BCUT2D eigenvalue weighted by atomic mass is 10.1. The molecule has 1 heterocycles. The Morgan fingerprint density at radius 2 is 2.03 bits per heavy atom. The molecule has 1 saturated heterocycles. The Labute approximate surface area is 185 Å².